The molecule has 0 aromatic rings. The minimum absolute atomic E-state index is 0.179. The number of ether oxygens (including phenoxy) is 1. The van der Waals surface area contributed by atoms with Crippen molar-refractivity contribution >= 4 is 11.9 Å². The van der Waals surface area contributed by atoms with Gasteiger partial charge in [0.15, 0.2) is 0 Å². The van der Waals surface area contributed by atoms with Gasteiger partial charge in [0.2, 0.25) is 0 Å². The molecule has 0 aliphatic carbocycles. The zero-order valence-electron chi connectivity index (χ0n) is 12.2. The molecule has 1 aliphatic heterocycles. The number of hydrogen-bond acceptors (Lipinski definition) is 3. The van der Waals surface area contributed by atoms with Gasteiger partial charge in [-0.2, -0.15) is 0 Å². The first-order valence-corrected chi connectivity index (χ1v) is 6.69. The molecule has 4 heteroatoms. The highest BCUT2D eigenvalue weighted by Gasteiger charge is 2.40. The third kappa shape index (κ3) is 3.47. The number of Topliss-reactive ketones (excluding diaryl/α,β-unsaturated/α-hetero) is 1. The van der Waals surface area contributed by atoms with Crippen molar-refractivity contribution in [3.05, 3.63) is 0 Å². The Morgan fingerprint density at radius 3 is 2.39 bits per heavy atom. The number of carbonyl (C=O) groups is 2. The second kappa shape index (κ2) is 5.29. The van der Waals surface area contributed by atoms with Crippen molar-refractivity contribution in [2.45, 2.75) is 59.5 Å². The van der Waals surface area contributed by atoms with Crippen molar-refractivity contribution in [2.75, 3.05) is 13.1 Å². The van der Waals surface area contributed by atoms with Gasteiger partial charge >= 0.3 is 6.09 Å². The van der Waals surface area contributed by atoms with Crippen molar-refractivity contribution in [1.29, 1.82) is 0 Å². The van der Waals surface area contributed by atoms with Gasteiger partial charge < -0.3 is 9.64 Å². The van der Waals surface area contributed by atoms with Gasteiger partial charge in [0, 0.05) is 18.5 Å². The van der Waals surface area contributed by atoms with E-state index in [4.69, 9.17) is 4.74 Å². The molecular formula is C14H25NO3. The summed E-state index contributed by atoms with van der Waals surface area (Å²) in [5.74, 6) is 0.179. The normalized spacial score (nSPS) is 24.8. The van der Waals surface area contributed by atoms with E-state index in [1.54, 1.807) is 11.8 Å². The van der Waals surface area contributed by atoms with Crippen molar-refractivity contribution < 1.29 is 14.3 Å². The third-order valence-corrected chi connectivity index (χ3v) is 3.65. The molecule has 0 saturated carbocycles. The highest BCUT2D eigenvalue weighted by molar-refractivity contribution is 5.83. The lowest BCUT2D eigenvalue weighted by Crippen LogP contribution is -2.50. The summed E-state index contributed by atoms with van der Waals surface area (Å²) < 4.78 is 5.37. The summed E-state index contributed by atoms with van der Waals surface area (Å²) >= 11 is 0. The van der Waals surface area contributed by atoms with E-state index in [-0.39, 0.29) is 17.3 Å². The summed E-state index contributed by atoms with van der Waals surface area (Å²) in [7, 11) is 0. The number of carbonyl (C=O) groups excluding carboxylic acids is 2. The van der Waals surface area contributed by atoms with E-state index in [0.29, 0.717) is 13.1 Å². The molecular weight excluding hydrogens is 230 g/mol. The SMILES string of the molecule is CCC1(C(C)=O)CCCN(C(=O)OC(C)(C)C)C1. The molecule has 1 heterocycles. The predicted octanol–water partition coefficient (Wildman–Crippen LogP) is 3.00. The first kappa shape index (κ1) is 15.0. The molecule has 104 valence electrons. The molecule has 0 spiro atoms. The monoisotopic (exact) mass is 255 g/mol. The molecule has 18 heavy (non-hydrogen) atoms. The van der Waals surface area contributed by atoms with E-state index in [2.05, 4.69) is 0 Å². The van der Waals surface area contributed by atoms with Crippen LogP contribution in [0.15, 0.2) is 0 Å². The second-order valence-corrected chi connectivity index (χ2v) is 6.20. The van der Waals surface area contributed by atoms with Gasteiger partial charge in [-0.15, -0.1) is 0 Å². The van der Waals surface area contributed by atoms with Crippen LogP contribution in [-0.2, 0) is 9.53 Å². The highest BCUT2D eigenvalue weighted by atomic mass is 16.6. The molecule has 0 N–H and O–H groups in total. The van der Waals surface area contributed by atoms with Crippen LogP contribution in [0.5, 0.6) is 0 Å². The van der Waals surface area contributed by atoms with Gasteiger partial charge in [-0.25, -0.2) is 4.79 Å². The number of ketones is 1. The standard InChI is InChI=1S/C14H25NO3/c1-6-14(11(2)16)8-7-9-15(10-14)12(17)18-13(3,4)5/h6-10H2,1-5H3. The lowest BCUT2D eigenvalue weighted by atomic mass is 9.75. The van der Waals surface area contributed by atoms with Gasteiger partial charge in [0.25, 0.3) is 0 Å². The number of amides is 1. The van der Waals surface area contributed by atoms with Gasteiger partial charge in [-0.05, 0) is 47.0 Å². The predicted molar refractivity (Wildman–Crippen MR) is 70.4 cm³/mol. The minimum atomic E-state index is -0.486. The van der Waals surface area contributed by atoms with Crippen LogP contribution in [0.3, 0.4) is 0 Å². The molecule has 0 aromatic heterocycles. The van der Waals surface area contributed by atoms with Crippen LogP contribution in [0.1, 0.15) is 53.9 Å². The molecule has 1 atom stereocenters. The maximum Gasteiger partial charge on any atom is 0.410 e. The van der Waals surface area contributed by atoms with Gasteiger partial charge in [0.1, 0.15) is 11.4 Å². The lowest BCUT2D eigenvalue weighted by molar-refractivity contribution is -0.129. The fourth-order valence-electron chi connectivity index (χ4n) is 2.44. The van der Waals surface area contributed by atoms with Gasteiger partial charge in [0.05, 0.1) is 0 Å². The van der Waals surface area contributed by atoms with E-state index in [1.165, 1.54) is 0 Å². The molecule has 1 amide bonds. The molecule has 1 unspecified atom stereocenters. The van der Waals surface area contributed by atoms with E-state index < -0.39 is 5.60 Å². The molecule has 1 rings (SSSR count). The Labute approximate surface area is 110 Å². The number of hydrogen-bond donors (Lipinski definition) is 0. The Morgan fingerprint density at radius 2 is 1.94 bits per heavy atom. The zero-order valence-corrected chi connectivity index (χ0v) is 12.2. The maximum absolute atomic E-state index is 12.0. The molecule has 0 bridgehead atoms. The smallest absolute Gasteiger partial charge is 0.410 e. The Kier molecular flexibility index (Phi) is 4.41. The van der Waals surface area contributed by atoms with Crippen LogP contribution in [0.25, 0.3) is 0 Å². The second-order valence-electron chi connectivity index (χ2n) is 6.20. The van der Waals surface area contributed by atoms with Crippen molar-refractivity contribution in [2.24, 2.45) is 5.41 Å². The summed E-state index contributed by atoms with van der Waals surface area (Å²) in [6.07, 6.45) is 2.22. The number of likely N-dealkylation sites (tertiary alicyclic amines) is 1. The van der Waals surface area contributed by atoms with E-state index in [9.17, 15) is 9.59 Å². The maximum atomic E-state index is 12.0. The van der Waals surface area contributed by atoms with Crippen LogP contribution >= 0.6 is 0 Å². The topological polar surface area (TPSA) is 46.6 Å². The number of rotatable bonds is 2. The van der Waals surface area contributed by atoms with Crippen molar-refractivity contribution in [3.63, 3.8) is 0 Å². The van der Waals surface area contributed by atoms with Crippen molar-refractivity contribution in [1.82, 2.24) is 4.90 Å². The van der Waals surface area contributed by atoms with Crippen LogP contribution in [0, 0.1) is 5.41 Å². The summed E-state index contributed by atoms with van der Waals surface area (Å²) in [6.45, 7) is 10.4. The molecule has 0 radical (unpaired) electrons. The zero-order chi connectivity index (χ0) is 14.0. The van der Waals surface area contributed by atoms with Crippen LogP contribution < -0.4 is 0 Å². The average molecular weight is 255 g/mol. The van der Waals surface area contributed by atoms with E-state index >= 15 is 0 Å². The lowest BCUT2D eigenvalue weighted by Gasteiger charge is -2.41. The van der Waals surface area contributed by atoms with Gasteiger partial charge in [-0.3, -0.25) is 4.79 Å². The summed E-state index contributed by atoms with van der Waals surface area (Å²) in [5, 5.41) is 0. The number of nitrogens with zero attached hydrogens (tertiary/aromatic N) is 1. The van der Waals surface area contributed by atoms with Crippen LogP contribution in [0.2, 0.25) is 0 Å². The third-order valence-electron chi connectivity index (χ3n) is 3.65. The molecule has 0 aromatic carbocycles. The molecule has 4 nitrogen and oxygen atoms in total. The Morgan fingerprint density at radius 1 is 1.33 bits per heavy atom. The van der Waals surface area contributed by atoms with E-state index in [0.717, 1.165) is 19.3 Å². The molecule has 1 saturated heterocycles. The summed E-state index contributed by atoms with van der Waals surface area (Å²) in [4.78, 5) is 25.5. The van der Waals surface area contributed by atoms with E-state index in [1.807, 2.05) is 27.7 Å². The summed E-state index contributed by atoms with van der Waals surface area (Å²) in [6, 6.07) is 0. The average Bonchev–Trinajstić information content (AvgIpc) is 2.26. The molecule has 1 aliphatic rings. The highest BCUT2D eigenvalue weighted by Crippen LogP contribution is 2.34. The first-order valence-electron chi connectivity index (χ1n) is 6.69. The number of piperidine rings is 1. The quantitative estimate of drug-likeness (QED) is 0.762. The van der Waals surface area contributed by atoms with Crippen LogP contribution in [0.4, 0.5) is 4.79 Å². The largest absolute Gasteiger partial charge is 0.444 e. The van der Waals surface area contributed by atoms with Crippen molar-refractivity contribution in [3.8, 4) is 0 Å². The van der Waals surface area contributed by atoms with Crippen LogP contribution in [-0.4, -0.2) is 35.5 Å². The Hall–Kier alpha value is -1.06. The fourth-order valence-corrected chi connectivity index (χ4v) is 2.44. The fraction of sp³-hybridized carbons (Fsp3) is 0.857. The molecule has 1 fully saturated rings. The Bertz CT molecular complexity index is 332. The Balaban J connectivity index is 2.75. The van der Waals surface area contributed by atoms with Gasteiger partial charge in [-0.1, -0.05) is 6.92 Å². The summed E-state index contributed by atoms with van der Waals surface area (Å²) in [5.41, 5.74) is -0.852. The first-order chi connectivity index (χ1) is 8.20. The minimum Gasteiger partial charge on any atom is -0.444 e.